The van der Waals surface area contributed by atoms with E-state index < -0.39 is 6.17 Å². The molecule has 0 amide bonds. The number of rotatable bonds is 4. The van der Waals surface area contributed by atoms with Gasteiger partial charge in [0.15, 0.2) is 0 Å². The summed E-state index contributed by atoms with van der Waals surface area (Å²) in [7, 11) is 0. The van der Waals surface area contributed by atoms with Gasteiger partial charge in [0.05, 0.1) is 0 Å². The van der Waals surface area contributed by atoms with E-state index in [1.807, 2.05) is 6.92 Å². The lowest BCUT2D eigenvalue weighted by Gasteiger charge is -2.17. The Morgan fingerprint density at radius 3 is 2.64 bits per heavy atom. The summed E-state index contributed by atoms with van der Waals surface area (Å²) in [5.74, 6) is 0. The molecule has 11 heavy (non-hydrogen) atoms. The molecule has 0 aromatic heterocycles. The highest BCUT2D eigenvalue weighted by atomic mass is 19.1. The van der Waals surface area contributed by atoms with Crippen LogP contribution in [0, 0.1) is 5.41 Å². The lowest BCUT2D eigenvalue weighted by Crippen LogP contribution is -2.31. The Kier molecular flexibility index (Phi) is 2.53. The van der Waals surface area contributed by atoms with Crippen LogP contribution in [-0.4, -0.2) is 12.2 Å². The normalized spacial score (nSPS) is 38.7. The Balaban J connectivity index is 2.25. The van der Waals surface area contributed by atoms with E-state index >= 15 is 0 Å². The van der Waals surface area contributed by atoms with Crippen molar-refractivity contribution in [2.75, 3.05) is 0 Å². The molecule has 1 aliphatic carbocycles. The summed E-state index contributed by atoms with van der Waals surface area (Å²) in [6.45, 7) is 4.09. The second kappa shape index (κ2) is 3.10. The van der Waals surface area contributed by atoms with Crippen molar-refractivity contribution in [3.8, 4) is 0 Å². The third kappa shape index (κ3) is 1.73. The van der Waals surface area contributed by atoms with Crippen LogP contribution in [0.2, 0.25) is 0 Å². The highest BCUT2D eigenvalue weighted by molar-refractivity contribution is 5.06. The minimum Gasteiger partial charge on any atom is -0.327 e. The van der Waals surface area contributed by atoms with Crippen molar-refractivity contribution in [2.24, 2.45) is 11.1 Å². The van der Waals surface area contributed by atoms with Gasteiger partial charge in [-0.3, -0.25) is 0 Å². The van der Waals surface area contributed by atoms with Gasteiger partial charge in [-0.2, -0.15) is 0 Å². The first kappa shape index (κ1) is 8.98. The van der Waals surface area contributed by atoms with Gasteiger partial charge >= 0.3 is 0 Å². The first-order valence-electron chi connectivity index (χ1n) is 4.51. The predicted molar refractivity (Wildman–Crippen MR) is 45.1 cm³/mol. The molecule has 1 rings (SSSR count). The van der Waals surface area contributed by atoms with Crippen LogP contribution in [0.1, 0.15) is 39.5 Å². The maximum absolute atomic E-state index is 12.8. The molecule has 0 heterocycles. The zero-order valence-electron chi connectivity index (χ0n) is 7.44. The Morgan fingerprint density at radius 2 is 2.27 bits per heavy atom. The van der Waals surface area contributed by atoms with Crippen LogP contribution in [0.25, 0.3) is 0 Å². The van der Waals surface area contributed by atoms with Gasteiger partial charge < -0.3 is 5.73 Å². The van der Waals surface area contributed by atoms with Gasteiger partial charge in [-0.15, -0.1) is 0 Å². The van der Waals surface area contributed by atoms with E-state index in [-0.39, 0.29) is 11.5 Å². The topological polar surface area (TPSA) is 26.0 Å². The lowest BCUT2D eigenvalue weighted by atomic mass is 9.95. The van der Waals surface area contributed by atoms with Gasteiger partial charge in [-0.25, -0.2) is 4.39 Å². The standard InChI is InChI=1S/C9H18FN/c1-3-4-5-8(11)9(2)6-7(9)10/h7-8H,3-6,11H2,1-2H3. The van der Waals surface area contributed by atoms with E-state index in [1.54, 1.807) is 0 Å². The van der Waals surface area contributed by atoms with Crippen molar-refractivity contribution in [3.05, 3.63) is 0 Å². The fraction of sp³-hybridized carbons (Fsp3) is 1.00. The van der Waals surface area contributed by atoms with Gasteiger partial charge in [0.1, 0.15) is 6.17 Å². The van der Waals surface area contributed by atoms with Crippen molar-refractivity contribution < 1.29 is 4.39 Å². The zero-order chi connectivity index (χ0) is 8.48. The zero-order valence-corrected chi connectivity index (χ0v) is 7.44. The van der Waals surface area contributed by atoms with Crippen LogP contribution < -0.4 is 5.73 Å². The van der Waals surface area contributed by atoms with Crippen molar-refractivity contribution in [2.45, 2.75) is 51.7 Å². The summed E-state index contributed by atoms with van der Waals surface area (Å²) >= 11 is 0. The van der Waals surface area contributed by atoms with E-state index in [4.69, 9.17) is 5.73 Å². The minimum absolute atomic E-state index is 0.0810. The molecule has 0 radical (unpaired) electrons. The van der Waals surface area contributed by atoms with Gasteiger partial charge in [0.25, 0.3) is 0 Å². The van der Waals surface area contributed by atoms with E-state index in [1.165, 1.54) is 0 Å². The molecule has 1 aliphatic rings. The molecule has 1 nitrogen and oxygen atoms in total. The van der Waals surface area contributed by atoms with Crippen molar-refractivity contribution >= 4 is 0 Å². The van der Waals surface area contributed by atoms with Crippen LogP contribution in [0.3, 0.4) is 0 Å². The smallest absolute Gasteiger partial charge is 0.108 e. The van der Waals surface area contributed by atoms with Crippen LogP contribution in [0.4, 0.5) is 4.39 Å². The van der Waals surface area contributed by atoms with Crippen molar-refractivity contribution in [3.63, 3.8) is 0 Å². The van der Waals surface area contributed by atoms with E-state index in [0.717, 1.165) is 19.3 Å². The second-order valence-electron chi connectivity index (χ2n) is 3.93. The number of hydrogen-bond donors (Lipinski definition) is 1. The Labute approximate surface area is 68.2 Å². The van der Waals surface area contributed by atoms with Gasteiger partial charge in [0.2, 0.25) is 0 Å². The predicted octanol–water partition coefficient (Wildman–Crippen LogP) is 2.25. The number of halogens is 1. The number of nitrogens with two attached hydrogens (primary N) is 1. The highest BCUT2D eigenvalue weighted by Crippen LogP contribution is 2.51. The maximum Gasteiger partial charge on any atom is 0.108 e. The Bertz CT molecular complexity index is 138. The molecule has 0 saturated heterocycles. The van der Waals surface area contributed by atoms with Crippen LogP contribution >= 0.6 is 0 Å². The molecule has 3 unspecified atom stereocenters. The molecule has 0 spiro atoms. The number of hydrogen-bond acceptors (Lipinski definition) is 1. The Hall–Kier alpha value is -0.110. The molecule has 0 aromatic rings. The molecular weight excluding hydrogens is 141 g/mol. The summed E-state index contributed by atoms with van der Waals surface area (Å²) in [6.07, 6.45) is 3.31. The molecule has 2 heteroatoms. The third-order valence-corrected chi connectivity index (χ3v) is 2.89. The van der Waals surface area contributed by atoms with E-state index in [9.17, 15) is 4.39 Å². The quantitative estimate of drug-likeness (QED) is 0.669. The molecule has 2 N–H and O–H groups in total. The summed E-state index contributed by atoms with van der Waals surface area (Å²) in [5.41, 5.74) is 5.68. The first-order chi connectivity index (χ1) is 5.11. The second-order valence-corrected chi connectivity index (χ2v) is 3.93. The summed E-state index contributed by atoms with van der Waals surface area (Å²) in [6, 6.07) is 0.0810. The molecule has 0 aliphatic heterocycles. The van der Waals surface area contributed by atoms with Gasteiger partial charge in [0, 0.05) is 11.5 Å². The van der Waals surface area contributed by atoms with Crippen LogP contribution in [0.15, 0.2) is 0 Å². The Morgan fingerprint density at radius 1 is 1.73 bits per heavy atom. The molecule has 0 aromatic carbocycles. The average molecular weight is 159 g/mol. The van der Waals surface area contributed by atoms with Gasteiger partial charge in [-0.05, 0) is 12.8 Å². The van der Waals surface area contributed by atoms with Crippen molar-refractivity contribution in [1.82, 2.24) is 0 Å². The first-order valence-corrected chi connectivity index (χ1v) is 4.51. The molecule has 3 atom stereocenters. The molecule has 0 bridgehead atoms. The van der Waals surface area contributed by atoms with Crippen molar-refractivity contribution in [1.29, 1.82) is 0 Å². The van der Waals surface area contributed by atoms with E-state index in [2.05, 4.69) is 6.92 Å². The monoisotopic (exact) mass is 159 g/mol. The lowest BCUT2D eigenvalue weighted by molar-refractivity contribution is 0.314. The van der Waals surface area contributed by atoms with Crippen LogP contribution in [0.5, 0.6) is 0 Å². The third-order valence-electron chi connectivity index (χ3n) is 2.89. The summed E-state index contributed by atoms with van der Waals surface area (Å²) in [5, 5.41) is 0. The number of unbranched alkanes of at least 4 members (excludes halogenated alkanes) is 1. The fourth-order valence-corrected chi connectivity index (χ4v) is 1.46. The average Bonchev–Trinajstić information content (AvgIpc) is 2.56. The number of alkyl halides is 1. The molecule has 1 saturated carbocycles. The minimum atomic E-state index is -0.630. The molecular formula is C9H18FN. The summed E-state index contributed by atoms with van der Waals surface area (Å²) < 4.78 is 12.8. The molecule has 66 valence electrons. The van der Waals surface area contributed by atoms with Crippen LogP contribution in [-0.2, 0) is 0 Å². The molecule has 1 fully saturated rings. The fourth-order valence-electron chi connectivity index (χ4n) is 1.46. The van der Waals surface area contributed by atoms with E-state index in [0.29, 0.717) is 6.42 Å². The summed E-state index contributed by atoms with van der Waals surface area (Å²) in [4.78, 5) is 0. The highest BCUT2D eigenvalue weighted by Gasteiger charge is 2.54. The van der Waals surface area contributed by atoms with Gasteiger partial charge in [-0.1, -0.05) is 26.7 Å². The SMILES string of the molecule is CCCCC(N)C1(C)CC1F. The maximum atomic E-state index is 12.8. The largest absolute Gasteiger partial charge is 0.327 e.